The number of carbonyl (C=O) groups is 1. The van der Waals surface area contributed by atoms with Gasteiger partial charge in [-0.1, -0.05) is 43.7 Å². The number of ether oxygens (including phenoxy) is 1. The molecule has 4 nitrogen and oxygen atoms in total. The number of amides is 1. The number of rotatable bonds is 6. The first kappa shape index (κ1) is 15.0. The third-order valence-corrected chi connectivity index (χ3v) is 3.76. The highest BCUT2D eigenvalue weighted by molar-refractivity contribution is 5.81. The molecule has 20 heavy (non-hydrogen) atoms. The van der Waals surface area contributed by atoms with Crippen molar-refractivity contribution >= 4 is 5.91 Å². The molecule has 1 amide bonds. The van der Waals surface area contributed by atoms with Crippen molar-refractivity contribution in [3.63, 3.8) is 0 Å². The van der Waals surface area contributed by atoms with Crippen LogP contribution < -0.4 is 11.1 Å². The Morgan fingerprint density at radius 3 is 2.75 bits per heavy atom. The second kappa shape index (κ2) is 7.41. The molecular formula is C16H24N2O2. The largest absolute Gasteiger partial charge is 0.364 e. The van der Waals surface area contributed by atoms with Gasteiger partial charge in [0, 0.05) is 6.54 Å². The van der Waals surface area contributed by atoms with Crippen molar-refractivity contribution in [3.05, 3.63) is 35.9 Å². The number of nitrogens with one attached hydrogen (secondary N) is 1. The van der Waals surface area contributed by atoms with Crippen LogP contribution >= 0.6 is 0 Å². The van der Waals surface area contributed by atoms with Crippen LogP contribution in [0.5, 0.6) is 0 Å². The first-order chi connectivity index (χ1) is 9.74. The number of benzene rings is 1. The molecule has 3 unspecified atom stereocenters. The average molecular weight is 276 g/mol. The van der Waals surface area contributed by atoms with E-state index in [4.69, 9.17) is 10.5 Å². The Bertz CT molecular complexity index is 422. The molecule has 0 saturated carbocycles. The van der Waals surface area contributed by atoms with Crippen LogP contribution in [0.4, 0.5) is 0 Å². The Kier molecular flexibility index (Phi) is 5.56. The van der Waals surface area contributed by atoms with Crippen molar-refractivity contribution in [3.8, 4) is 0 Å². The summed E-state index contributed by atoms with van der Waals surface area (Å²) in [6.07, 6.45) is 3.29. The molecule has 1 fully saturated rings. The summed E-state index contributed by atoms with van der Waals surface area (Å²) in [6.45, 7) is 2.61. The van der Waals surface area contributed by atoms with Gasteiger partial charge in [0.1, 0.15) is 6.10 Å². The number of hydrogen-bond acceptors (Lipinski definition) is 3. The van der Waals surface area contributed by atoms with Crippen LogP contribution in [0.25, 0.3) is 0 Å². The minimum absolute atomic E-state index is 0.0109. The molecule has 1 aromatic rings. The van der Waals surface area contributed by atoms with Gasteiger partial charge in [0.25, 0.3) is 0 Å². The van der Waals surface area contributed by atoms with Gasteiger partial charge in [-0.15, -0.1) is 0 Å². The third kappa shape index (κ3) is 3.81. The summed E-state index contributed by atoms with van der Waals surface area (Å²) in [6, 6.07) is 10.2. The second-order valence-corrected chi connectivity index (χ2v) is 5.32. The van der Waals surface area contributed by atoms with Crippen LogP contribution in [-0.4, -0.2) is 24.7 Å². The van der Waals surface area contributed by atoms with E-state index in [-0.39, 0.29) is 24.2 Å². The first-order valence-corrected chi connectivity index (χ1v) is 7.45. The van der Waals surface area contributed by atoms with Crippen LogP contribution in [-0.2, 0) is 9.53 Å². The van der Waals surface area contributed by atoms with E-state index in [2.05, 4.69) is 24.4 Å². The molecule has 3 atom stereocenters. The number of hydrogen-bond donors (Lipinski definition) is 2. The van der Waals surface area contributed by atoms with Gasteiger partial charge in [-0.05, 0) is 24.8 Å². The standard InChI is InChI=1S/C16H24N2O2/c1-2-6-14(12-7-4-3-5-8-12)18-16(19)15-10-9-13(11-17)20-15/h3-5,7-8,13-15H,2,6,9-11,17H2,1H3,(H,18,19). The molecule has 0 aromatic heterocycles. The maximum Gasteiger partial charge on any atom is 0.249 e. The normalized spacial score (nSPS) is 23.5. The molecule has 1 aromatic carbocycles. The molecule has 1 saturated heterocycles. The van der Waals surface area contributed by atoms with Gasteiger partial charge in [-0.3, -0.25) is 4.79 Å². The van der Waals surface area contributed by atoms with Crippen molar-refractivity contribution in [2.24, 2.45) is 5.73 Å². The fourth-order valence-electron chi connectivity index (χ4n) is 2.63. The molecular weight excluding hydrogens is 252 g/mol. The van der Waals surface area contributed by atoms with Crippen molar-refractivity contribution in [2.45, 2.75) is 50.9 Å². The lowest BCUT2D eigenvalue weighted by molar-refractivity contribution is -0.132. The maximum atomic E-state index is 12.3. The van der Waals surface area contributed by atoms with Gasteiger partial charge in [-0.25, -0.2) is 0 Å². The van der Waals surface area contributed by atoms with Gasteiger partial charge in [0.15, 0.2) is 0 Å². The van der Waals surface area contributed by atoms with E-state index in [0.717, 1.165) is 31.2 Å². The van der Waals surface area contributed by atoms with Crippen molar-refractivity contribution in [1.82, 2.24) is 5.32 Å². The number of nitrogens with two attached hydrogens (primary N) is 1. The zero-order chi connectivity index (χ0) is 14.4. The molecule has 0 radical (unpaired) electrons. The van der Waals surface area contributed by atoms with Gasteiger partial charge < -0.3 is 15.8 Å². The summed E-state index contributed by atoms with van der Waals surface area (Å²) >= 11 is 0. The lowest BCUT2D eigenvalue weighted by Crippen LogP contribution is -2.37. The van der Waals surface area contributed by atoms with E-state index >= 15 is 0 Å². The molecule has 1 heterocycles. The smallest absolute Gasteiger partial charge is 0.249 e. The molecule has 4 heteroatoms. The molecule has 110 valence electrons. The summed E-state index contributed by atoms with van der Waals surface area (Å²) < 4.78 is 5.65. The Morgan fingerprint density at radius 1 is 1.40 bits per heavy atom. The lowest BCUT2D eigenvalue weighted by atomic mass is 10.0. The van der Waals surface area contributed by atoms with Crippen LogP contribution in [0.15, 0.2) is 30.3 Å². The van der Waals surface area contributed by atoms with E-state index in [1.54, 1.807) is 0 Å². The minimum atomic E-state index is -0.341. The summed E-state index contributed by atoms with van der Waals surface area (Å²) in [5.74, 6) is -0.0109. The zero-order valence-electron chi connectivity index (χ0n) is 12.0. The molecule has 0 spiro atoms. The molecule has 2 rings (SSSR count). The predicted octanol–water partition coefficient (Wildman–Crippen LogP) is 2.15. The van der Waals surface area contributed by atoms with Crippen molar-refractivity contribution < 1.29 is 9.53 Å². The van der Waals surface area contributed by atoms with Gasteiger partial charge in [-0.2, -0.15) is 0 Å². The van der Waals surface area contributed by atoms with E-state index in [0.29, 0.717) is 6.54 Å². The molecule has 1 aliphatic rings. The van der Waals surface area contributed by atoms with E-state index < -0.39 is 0 Å². The summed E-state index contributed by atoms with van der Waals surface area (Å²) in [5, 5.41) is 3.12. The zero-order valence-corrected chi connectivity index (χ0v) is 12.0. The van der Waals surface area contributed by atoms with Crippen molar-refractivity contribution in [1.29, 1.82) is 0 Å². The SMILES string of the molecule is CCCC(NC(=O)C1CCC(CN)O1)c1ccccc1. The quantitative estimate of drug-likeness (QED) is 0.836. The Morgan fingerprint density at radius 2 is 2.15 bits per heavy atom. The van der Waals surface area contributed by atoms with Crippen LogP contribution in [0, 0.1) is 0 Å². The van der Waals surface area contributed by atoms with Gasteiger partial charge in [0.05, 0.1) is 12.1 Å². The highest BCUT2D eigenvalue weighted by atomic mass is 16.5. The molecule has 1 aliphatic heterocycles. The Balaban J connectivity index is 1.96. The fraction of sp³-hybridized carbons (Fsp3) is 0.562. The molecule has 3 N–H and O–H groups in total. The summed E-state index contributed by atoms with van der Waals surface area (Å²) in [5.41, 5.74) is 6.73. The van der Waals surface area contributed by atoms with Crippen LogP contribution in [0.2, 0.25) is 0 Å². The predicted molar refractivity (Wildman–Crippen MR) is 79.2 cm³/mol. The molecule has 0 bridgehead atoms. The number of carbonyl (C=O) groups excluding carboxylic acids is 1. The van der Waals surface area contributed by atoms with E-state index in [1.165, 1.54) is 0 Å². The fourth-order valence-corrected chi connectivity index (χ4v) is 2.63. The highest BCUT2D eigenvalue weighted by Crippen LogP contribution is 2.22. The average Bonchev–Trinajstić information content (AvgIpc) is 2.97. The highest BCUT2D eigenvalue weighted by Gasteiger charge is 2.30. The minimum Gasteiger partial charge on any atom is -0.364 e. The van der Waals surface area contributed by atoms with Gasteiger partial charge in [0.2, 0.25) is 5.91 Å². The second-order valence-electron chi connectivity index (χ2n) is 5.32. The Hall–Kier alpha value is -1.39. The van der Waals surface area contributed by atoms with Crippen molar-refractivity contribution in [2.75, 3.05) is 6.54 Å². The van der Waals surface area contributed by atoms with Gasteiger partial charge >= 0.3 is 0 Å². The van der Waals surface area contributed by atoms with E-state index in [9.17, 15) is 4.79 Å². The first-order valence-electron chi connectivity index (χ1n) is 7.45. The van der Waals surface area contributed by atoms with Crippen LogP contribution in [0.1, 0.15) is 44.2 Å². The lowest BCUT2D eigenvalue weighted by Gasteiger charge is -2.21. The summed E-state index contributed by atoms with van der Waals surface area (Å²) in [7, 11) is 0. The topological polar surface area (TPSA) is 64.4 Å². The third-order valence-electron chi connectivity index (χ3n) is 3.76. The monoisotopic (exact) mass is 276 g/mol. The Labute approximate surface area is 120 Å². The van der Waals surface area contributed by atoms with Crippen LogP contribution in [0.3, 0.4) is 0 Å². The summed E-state index contributed by atoms with van der Waals surface area (Å²) in [4.78, 5) is 12.3. The van der Waals surface area contributed by atoms with E-state index in [1.807, 2.05) is 18.2 Å². The maximum absolute atomic E-state index is 12.3. The molecule has 0 aliphatic carbocycles.